The molecule has 344 valence electrons. The molecule has 9 rings (SSSR count). The molecule has 4 N–H and O–H groups in total. The number of aromatic nitrogens is 4. The normalized spacial score (nSPS) is 19.9. The standard InChI is InChI=1S/C49H54N8O9/c1-26(2)41(53-48(60)64-5)47(59)56-27(3)12-17-38(56)45-52-36-16-14-30-20-35-33-15-13-31(19-32(33)25-66-40(35)21-34(30)43(36)57(45)62)37-22-50-44(51-37)39-18-28(24-63-4)23-55(39)46(58)42(54-49(61)65-6)29-10-8-7-9-11-29/h7-11,13-16,19-22,26-28,38-39,41-42,62H,12,17-18,23-25H2,1-6H3,(H,50,51)(H,53,60)(H,54,61)/t27-,28-,38-,39-,41-,42+/m0/s1. The van der Waals surface area contributed by atoms with Crippen LogP contribution in [-0.4, -0.2) is 105 Å². The zero-order chi connectivity index (χ0) is 46.4. The van der Waals surface area contributed by atoms with Gasteiger partial charge in [-0.1, -0.05) is 62.4 Å². The summed E-state index contributed by atoms with van der Waals surface area (Å²) in [5.41, 5.74) is 6.29. The van der Waals surface area contributed by atoms with Crippen molar-refractivity contribution in [2.45, 2.75) is 76.8 Å². The fraction of sp³-hybridized carbons (Fsp3) is 0.388. The minimum atomic E-state index is -0.960. The van der Waals surface area contributed by atoms with Crippen LogP contribution in [0, 0.1) is 11.8 Å². The van der Waals surface area contributed by atoms with E-state index in [1.807, 2.05) is 63.2 Å². The van der Waals surface area contributed by atoms with Gasteiger partial charge in [-0.15, -0.1) is 0 Å². The number of fused-ring (bicyclic) bond motifs is 6. The molecule has 0 unspecified atom stereocenters. The lowest BCUT2D eigenvalue weighted by Gasteiger charge is -2.33. The fourth-order valence-electron chi connectivity index (χ4n) is 9.95. The van der Waals surface area contributed by atoms with Crippen LogP contribution in [0.4, 0.5) is 9.59 Å². The molecule has 0 saturated carbocycles. The summed E-state index contributed by atoms with van der Waals surface area (Å²) in [6.07, 6.45) is 2.30. The number of hydrogen-bond donors (Lipinski definition) is 4. The van der Waals surface area contributed by atoms with Gasteiger partial charge in [0, 0.05) is 36.6 Å². The second-order valence-corrected chi connectivity index (χ2v) is 17.7. The second-order valence-electron chi connectivity index (χ2n) is 17.7. The zero-order valence-corrected chi connectivity index (χ0v) is 37.7. The van der Waals surface area contributed by atoms with Crippen molar-refractivity contribution in [2.24, 2.45) is 11.8 Å². The molecule has 66 heavy (non-hydrogen) atoms. The van der Waals surface area contributed by atoms with Gasteiger partial charge < -0.3 is 49.6 Å². The minimum absolute atomic E-state index is 0.0539. The Labute approximate surface area is 381 Å². The maximum atomic E-state index is 14.3. The van der Waals surface area contributed by atoms with Crippen molar-refractivity contribution in [2.75, 3.05) is 34.5 Å². The van der Waals surface area contributed by atoms with E-state index >= 15 is 0 Å². The van der Waals surface area contributed by atoms with E-state index in [-0.39, 0.29) is 29.7 Å². The number of alkyl carbamates (subject to hydrolysis) is 2. The molecule has 17 heteroatoms. The van der Waals surface area contributed by atoms with Gasteiger partial charge in [-0.05, 0) is 84.0 Å². The maximum Gasteiger partial charge on any atom is 0.407 e. The maximum absolute atomic E-state index is 14.3. The Morgan fingerprint density at radius 2 is 1.68 bits per heavy atom. The molecule has 2 fully saturated rings. The van der Waals surface area contributed by atoms with E-state index in [0.29, 0.717) is 73.0 Å². The Hall–Kier alpha value is -7.14. The van der Waals surface area contributed by atoms with Crippen LogP contribution in [0.3, 0.4) is 0 Å². The fourth-order valence-corrected chi connectivity index (χ4v) is 9.95. The minimum Gasteiger partial charge on any atom is -0.488 e. The Morgan fingerprint density at radius 1 is 0.909 bits per heavy atom. The Balaban J connectivity index is 0.989. The zero-order valence-electron chi connectivity index (χ0n) is 37.7. The van der Waals surface area contributed by atoms with Crippen LogP contribution in [0.1, 0.15) is 80.9 Å². The Morgan fingerprint density at radius 3 is 2.42 bits per heavy atom. The van der Waals surface area contributed by atoms with Crippen molar-refractivity contribution >= 4 is 45.8 Å². The number of imidazole rings is 2. The predicted molar refractivity (Wildman–Crippen MR) is 243 cm³/mol. The third-order valence-corrected chi connectivity index (χ3v) is 13.2. The van der Waals surface area contributed by atoms with Gasteiger partial charge >= 0.3 is 12.2 Å². The van der Waals surface area contributed by atoms with Crippen molar-refractivity contribution in [1.29, 1.82) is 0 Å². The SMILES string of the molecule is COC[C@H]1C[C@@H](c2ncc(-c3ccc4c(c3)COc3cc5c(ccc6nc([C@@H]7CC[C@H](C)N7C(=O)[C@@H](NC(=O)OC)C(C)C)n(O)c65)cc3-4)[nH]2)N(C(=O)[C@H](NC(=O)OC)c2ccccc2)C1. The molecule has 0 spiro atoms. The summed E-state index contributed by atoms with van der Waals surface area (Å²) in [5.74, 6) is 0.955. The molecule has 0 aliphatic carbocycles. The van der Waals surface area contributed by atoms with Gasteiger partial charge in [-0.25, -0.2) is 19.6 Å². The number of carbonyl (C=O) groups is 4. The van der Waals surface area contributed by atoms with Gasteiger partial charge in [0.2, 0.25) is 5.91 Å². The summed E-state index contributed by atoms with van der Waals surface area (Å²) in [7, 11) is 4.18. The van der Waals surface area contributed by atoms with Gasteiger partial charge in [0.25, 0.3) is 5.91 Å². The lowest BCUT2D eigenvalue weighted by molar-refractivity contribution is -0.137. The molecule has 0 radical (unpaired) electrons. The van der Waals surface area contributed by atoms with Crippen LogP contribution in [0.5, 0.6) is 5.75 Å². The molecule has 5 heterocycles. The van der Waals surface area contributed by atoms with Crippen molar-refractivity contribution in [3.8, 4) is 28.1 Å². The summed E-state index contributed by atoms with van der Waals surface area (Å²) in [4.78, 5) is 69.7. The number of ether oxygens (including phenoxy) is 4. The van der Waals surface area contributed by atoms with Crippen LogP contribution in [0.25, 0.3) is 44.2 Å². The van der Waals surface area contributed by atoms with E-state index in [4.69, 9.17) is 28.9 Å². The van der Waals surface area contributed by atoms with Crippen molar-refractivity contribution in [3.63, 3.8) is 0 Å². The molecule has 4 amide bonds. The first kappa shape index (κ1) is 44.1. The molecule has 3 aliphatic rings. The van der Waals surface area contributed by atoms with Crippen molar-refractivity contribution in [3.05, 3.63) is 102 Å². The lowest BCUT2D eigenvalue weighted by Crippen LogP contribution is -2.52. The molecule has 2 saturated heterocycles. The number of H-pyrrole nitrogens is 1. The number of nitrogens with zero attached hydrogens (tertiary/aromatic N) is 5. The van der Waals surface area contributed by atoms with Gasteiger partial charge in [0.15, 0.2) is 5.82 Å². The number of methoxy groups -OCH3 is 3. The monoisotopic (exact) mass is 898 g/mol. The Bertz CT molecular complexity index is 2820. The second kappa shape index (κ2) is 18.0. The highest BCUT2D eigenvalue weighted by Crippen LogP contribution is 2.45. The van der Waals surface area contributed by atoms with E-state index in [9.17, 15) is 24.4 Å². The average molecular weight is 899 g/mol. The predicted octanol–water partition coefficient (Wildman–Crippen LogP) is 7.44. The number of amides is 4. The van der Waals surface area contributed by atoms with E-state index in [1.54, 1.807) is 35.2 Å². The summed E-state index contributed by atoms with van der Waals surface area (Å²) < 4.78 is 22.7. The van der Waals surface area contributed by atoms with E-state index in [1.165, 1.54) is 14.2 Å². The van der Waals surface area contributed by atoms with Gasteiger partial charge in [0.05, 0.1) is 50.3 Å². The quantitative estimate of drug-likeness (QED) is 0.0942. The molecule has 6 aromatic rings. The molecular weight excluding hydrogens is 845 g/mol. The van der Waals surface area contributed by atoms with Gasteiger partial charge in [-0.3, -0.25) is 9.59 Å². The topological polar surface area (TPSA) is 202 Å². The molecule has 4 aromatic carbocycles. The number of likely N-dealkylation sites (tertiary alicyclic amines) is 2. The highest BCUT2D eigenvalue weighted by molar-refractivity contribution is 6.07. The summed E-state index contributed by atoms with van der Waals surface area (Å²) in [5, 5.41) is 18.9. The first-order chi connectivity index (χ1) is 31.9. The van der Waals surface area contributed by atoms with Crippen molar-refractivity contribution in [1.82, 2.24) is 40.1 Å². The molecule has 2 aromatic heterocycles. The van der Waals surface area contributed by atoms with E-state index in [0.717, 1.165) is 43.5 Å². The molecular formula is C49H54N8O9. The molecule has 3 aliphatic heterocycles. The number of rotatable bonds is 11. The first-order valence-electron chi connectivity index (χ1n) is 22.2. The van der Waals surface area contributed by atoms with Crippen LogP contribution >= 0.6 is 0 Å². The molecule has 6 atom stereocenters. The molecule has 17 nitrogen and oxygen atoms in total. The first-order valence-corrected chi connectivity index (χ1v) is 22.2. The van der Waals surface area contributed by atoms with Crippen LogP contribution < -0.4 is 15.4 Å². The number of nitrogens with one attached hydrogen (secondary N) is 3. The van der Waals surface area contributed by atoms with Gasteiger partial charge in [0.1, 0.15) is 35.8 Å². The highest BCUT2D eigenvalue weighted by atomic mass is 16.5. The number of benzene rings is 4. The van der Waals surface area contributed by atoms with Gasteiger partial charge in [-0.2, -0.15) is 4.73 Å². The Kier molecular flexibility index (Phi) is 12.0. The highest BCUT2D eigenvalue weighted by Gasteiger charge is 2.43. The largest absolute Gasteiger partial charge is 0.488 e. The summed E-state index contributed by atoms with van der Waals surface area (Å²) in [6, 6.07) is 20.3. The lowest BCUT2D eigenvalue weighted by atomic mass is 9.92. The smallest absolute Gasteiger partial charge is 0.407 e. The van der Waals surface area contributed by atoms with Crippen LogP contribution in [0.15, 0.2) is 79.0 Å². The van der Waals surface area contributed by atoms with Crippen LogP contribution in [0.2, 0.25) is 0 Å². The van der Waals surface area contributed by atoms with Crippen molar-refractivity contribution < 1.29 is 43.3 Å². The molecule has 0 bridgehead atoms. The third-order valence-electron chi connectivity index (χ3n) is 13.2. The van der Waals surface area contributed by atoms with E-state index < -0.39 is 36.4 Å². The van der Waals surface area contributed by atoms with E-state index in [2.05, 4.69) is 33.8 Å². The number of aromatic amines is 1. The number of carbonyl (C=O) groups excluding carboxylic acids is 4. The number of hydrogen-bond acceptors (Lipinski definition) is 11. The average Bonchev–Trinajstić information content (AvgIpc) is 4.14. The summed E-state index contributed by atoms with van der Waals surface area (Å²) >= 11 is 0. The van der Waals surface area contributed by atoms with Crippen LogP contribution in [-0.2, 0) is 30.4 Å². The third kappa shape index (κ3) is 8.01. The summed E-state index contributed by atoms with van der Waals surface area (Å²) in [6.45, 7) is 6.88.